The van der Waals surface area contributed by atoms with E-state index in [9.17, 15) is 14.4 Å². The molecule has 0 atom stereocenters. The highest BCUT2D eigenvalue weighted by Crippen LogP contribution is 2.35. The molecule has 5 rings (SSSR count). The smallest absolute Gasteiger partial charge is 0.309 e. The number of hydrogen-bond acceptors (Lipinski definition) is 8. The van der Waals surface area contributed by atoms with Crippen molar-refractivity contribution in [2.75, 3.05) is 19.7 Å². The van der Waals surface area contributed by atoms with Gasteiger partial charge < -0.3 is 14.1 Å². The van der Waals surface area contributed by atoms with Gasteiger partial charge in [-0.1, -0.05) is 11.8 Å². The molecule has 0 spiro atoms. The molecule has 1 saturated heterocycles. The summed E-state index contributed by atoms with van der Waals surface area (Å²) in [7, 11) is 1.76. The number of hydrogen-bond donors (Lipinski definition) is 0. The van der Waals surface area contributed by atoms with E-state index in [1.165, 1.54) is 28.6 Å². The minimum Gasteiger partial charge on any atom is -0.466 e. The summed E-state index contributed by atoms with van der Waals surface area (Å²) in [6.45, 7) is 3.18. The molecule has 1 amide bonds. The zero-order chi connectivity index (χ0) is 24.5. The van der Waals surface area contributed by atoms with E-state index in [1.54, 1.807) is 46.9 Å². The molecule has 0 N–H and O–H groups in total. The maximum Gasteiger partial charge on any atom is 0.309 e. The summed E-state index contributed by atoms with van der Waals surface area (Å²) in [5.74, 6) is 0.918. The number of carbonyl (C=O) groups excluding carboxylic acids is 2. The first-order chi connectivity index (χ1) is 17.0. The molecule has 0 aromatic carbocycles. The quantitative estimate of drug-likeness (QED) is 0.276. The van der Waals surface area contributed by atoms with Gasteiger partial charge in [-0.2, -0.15) is 0 Å². The lowest BCUT2D eigenvalue weighted by Gasteiger charge is -2.30. The molecule has 8 nitrogen and oxygen atoms in total. The standard InChI is InChI=1S/C25H29N3O5S2/c1-3-32-24(31)15-10-12-28(13-11-15)22(29)18-9-8-16(33-18)14-34-25-26-21-20(23(30)27(25)2)17-6-4-5-7-19(17)35-21/h8-9,15H,3-7,10-14H2,1-2H3. The summed E-state index contributed by atoms with van der Waals surface area (Å²) in [6, 6.07) is 3.49. The Bertz CT molecular complexity index is 1320. The van der Waals surface area contributed by atoms with Crippen LogP contribution < -0.4 is 5.56 Å². The lowest BCUT2D eigenvalue weighted by atomic mass is 9.97. The second kappa shape index (κ2) is 10.2. The molecule has 4 heterocycles. The average Bonchev–Trinajstić information content (AvgIpc) is 3.50. The number of furan rings is 1. The van der Waals surface area contributed by atoms with Gasteiger partial charge in [0.05, 0.1) is 23.7 Å². The van der Waals surface area contributed by atoms with Gasteiger partial charge in [0.15, 0.2) is 10.9 Å². The molecule has 1 aliphatic heterocycles. The largest absolute Gasteiger partial charge is 0.466 e. The normalized spacial score (nSPS) is 16.5. The van der Waals surface area contributed by atoms with Crippen molar-refractivity contribution < 1.29 is 18.7 Å². The van der Waals surface area contributed by atoms with Crippen molar-refractivity contribution in [1.82, 2.24) is 14.5 Å². The van der Waals surface area contributed by atoms with Crippen LogP contribution in [-0.2, 0) is 35.2 Å². The monoisotopic (exact) mass is 515 g/mol. The van der Waals surface area contributed by atoms with E-state index in [4.69, 9.17) is 14.1 Å². The topological polar surface area (TPSA) is 94.6 Å². The van der Waals surface area contributed by atoms with Gasteiger partial charge in [-0.3, -0.25) is 19.0 Å². The molecule has 3 aromatic rings. The highest BCUT2D eigenvalue weighted by atomic mass is 32.2. The van der Waals surface area contributed by atoms with Crippen LogP contribution in [0.5, 0.6) is 0 Å². The minimum absolute atomic E-state index is 0.0124. The highest BCUT2D eigenvalue weighted by molar-refractivity contribution is 7.98. The van der Waals surface area contributed by atoms with Crippen LogP contribution in [-0.4, -0.2) is 46.0 Å². The number of likely N-dealkylation sites (tertiary alicyclic amines) is 1. The Morgan fingerprint density at radius 2 is 2.00 bits per heavy atom. The van der Waals surface area contributed by atoms with Gasteiger partial charge in [0, 0.05) is 25.0 Å². The first-order valence-corrected chi connectivity index (χ1v) is 13.9. The van der Waals surface area contributed by atoms with E-state index in [0.29, 0.717) is 55.0 Å². The van der Waals surface area contributed by atoms with Crippen LogP contribution >= 0.6 is 23.1 Å². The maximum absolute atomic E-state index is 13.1. The van der Waals surface area contributed by atoms with E-state index >= 15 is 0 Å². The number of fused-ring (bicyclic) bond motifs is 3. The van der Waals surface area contributed by atoms with Crippen molar-refractivity contribution in [3.8, 4) is 0 Å². The van der Waals surface area contributed by atoms with Gasteiger partial charge in [0.25, 0.3) is 11.5 Å². The Hall–Kier alpha value is -2.59. The lowest BCUT2D eigenvalue weighted by molar-refractivity contribution is -0.149. The van der Waals surface area contributed by atoms with Crippen LogP contribution in [0.15, 0.2) is 26.5 Å². The summed E-state index contributed by atoms with van der Waals surface area (Å²) in [4.78, 5) is 46.5. The molecular weight excluding hydrogens is 486 g/mol. The van der Waals surface area contributed by atoms with Crippen LogP contribution in [0, 0.1) is 5.92 Å². The predicted molar refractivity (Wildman–Crippen MR) is 135 cm³/mol. The number of esters is 1. The molecule has 35 heavy (non-hydrogen) atoms. The van der Waals surface area contributed by atoms with E-state index in [2.05, 4.69) is 0 Å². The number of thiophene rings is 1. The average molecular weight is 516 g/mol. The number of aryl methyl sites for hydroxylation is 2. The van der Waals surface area contributed by atoms with Gasteiger partial charge in [-0.15, -0.1) is 11.3 Å². The summed E-state index contributed by atoms with van der Waals surface area (Å²) < 4.78 is 12.6. The number of carbonyl (C=O) groups is 2. The lowest BCUT2D eigenvalue weighted by Crippen LogP contribution is -2.40. The number of amides is 1. The first kappa shape index (κ1) is 24.1. The Kier molecular flexibility index (Phi) is 7.02. The van der Waals surface area contributed by atoms with Crippen molar-refractivity contribution in [3.63, 3.8) is 0 Å². The van der Waals surface area contributed by atoms with Crippen molar-refractivity contribution in [2.24, 2.45) is 13.0 Å². The van der Waals surface area contributed by atoms with Crippen molar-refractivity contribution >= 4 is 45.2 Å². The third-order valence-electron chi connectivity index (χ3n) is 6.77. The van der Waals surface area contributed by atoms with Gasteiger partial charge in [0.2, 0.25) is 0 Å². The minimum atomic E-state index is -0.180. The maximum atomic E-state index is 13.1. The molecule has 0 bridgehead atoms. The SMILES string of the molecule is CCOC(=O)C1CCN(C(=O)c2ccc(CSc3nc4sc5c(c4c(=O)n3C)CCCC5)o2)CC1. The van der Waals surface area contributed by atoms with Crippen LogP contribution in [0.1, 0.15) is 59.4 Å². The Balaban J connectivity index is 1.24. The number of rotatable bonds is 6. The van der Waals surface area contributed by atoms with Gasteiger partial charge in [-0.25, -0.2) is 4.98 Å². The number of nitrogens with zero attached hydrogens (tertiary/aromatic N) is 3. The molecule has 1 aliphatic carbocycles. The molecule has 10 heteroatoms. The van der Waals surface area contributed by atoms with Crippen molar-refractivity contribution in [3.05, 3.63) is 44.4 Å². The molecular formula is C25H29N3O5S2. The Morgan fingerprint density at radius 3 is 2.77 bits per heavy atom. The summed E-state index contributed by atoms with van der Waals surface area (Å²) >= 11 is 3.08. The molecule has 1 fully saturated rings. The molecule has 3 aromatic heterocycles. The Morgan fingerprint density at radius 1 is 1.23 bits per heavy atom. The highest BCUT2D eigenvalue weighted by Gasteiger charge is 2.30. The first-order valence-electron chi connectivity index (χ1n) is 12.1. The van der Waals surface area contributed by atoms with Crippen LogP contribution in [0.25, 0.3) is 10.2 Å². The van der Waals surface area contributed by atoms with Crippen molar-refractivity contribution in [2.45, 2.75) is 56.4 Å². The third kappa shape index (κ3) is 4.78. The van der Waals surface area contributed by atoms with Crippen LogP contribution in [0.2, 0.25) is 0 Å². The molecule has 2 aliphatic rings. The number of aromatic nitrogens is 2. The van der Waals surface area contributed by atoms with E-state index in [-0.39, 0.29) is 23.4 Å². The molecule has 0 radical (unpaired) electrons. The van der Waals surface area contributed by atoms with Crippen LogP contribution in [0.3, 0.4) is 0 Å². The predicted octanol–water partition coefficient (Wildman–Crippen LogP) is 4.17. The van der Waals surface area contributed by atoms with Gasteiger partial charge in [0.1, 0.15) is 10.6 Å². The Labute approximate surface area is 211 Å². The van der Waals surface area contributed by atoms with E-state index in [1.807, 2.05) is 0 Å². The zero-order valence-corrected chi connectivity index (χ0v) is 21.6. The van der Waals surface area contributed by atoms with E-state index < -0.39 is 0 Å². The number of piperidine rings is 1. The number of ether oxygens (including phenoxy) is 1. The van der Waals surface area contributed by atoms with Gasteiger partial charge >= 0.3 is 5.97 Å². The van der Waals surface area contributed by atoms with Crippen LogP contribution in [0.4, 0.5) is 0 Å². The fourth-order valence-electron chi connectivity index (χ4n) is 4.84. The molecule has 186 valence electrons. The second-order valence-corrected chi connectivity index (χ2v) is 11.0. The summed E-state index contributed by atoms with van der Waals surface area (Å²) in [5, 5.41) is 1.43. The fourth-order valence-corrected chi connectivity index (χ4v) is 7.01. The summed E-state index contributed by atoms with van der Waals surface area (Å²) in [6.07, 6.45) is 5.49. The number of thioether (sulfide) groups is 1. The molecule has 0 saturated carbocycles. The fraction of sp³-hybridized carbons (Fsp3) is 0.520. The third-order valence-corrected chi connectivity index (χ3v) is 9.01. The summed E-state index contributed by atoms with van der Waals surface area (Å²) in [5.41, 5.74) is 1.21. The molecule has 0 unspecified atom stereocenters. The van der Waals surface area contributed by atoms with Gasteiger partial charge in [-0.05, 0) is 63.1 Å². The van der Waals surface area contributed by atoms with Crippen molar-refractivity contribution in [1.29, 1.82) is 0 Å². The second-order valence-electron chi connectivity index (χ2n) is 9.02. The zero-order valence-electron chi connectivity index (χ0n) is 20.0. The van der Waals surface area contributed by atoms with E-state index in [0.717, 1.165) is 29.5 Å².